The van der Waals surface area contributed by atoms with Crippen LogP contribution in [0.15, 0.2) is 18.2 Å². The Morgan fingerprint density at radius 1 is 1.43 bits per heavy atom. The first-order chi connectivity index (χ1) is 9.86. The number of aliphatic carboxylic acids is 1. The van der Waals surface area contributed by atoms with E-state index in [1.165, 1.54) is 12.1 Å². The zero-order valence-electron chi connectivity index (χ0n) is 11.4. The number of nitrogens with one attached hydrogen (secondary N) is 1. The summed E-state index contributed by atoms with van der Waals surface area (Å²) in [7, 11) is 0. The highest BCUT2D eigenvalue weighted by molar-refractivity contribution is 6.02. The highest BCUT2D eigenvalue weighted by atomic mass is 16.6. The van der Waals surface area contributed by atoms with Crippen LogP contribution in [-0.2, 0) is 4.79 Å². The molecule has 0 aromatic heterocycles. The molecule has 3 N–H and O–H groups in total. The van der Waals surface area contributed by atoms with Crippen LogP contribution in [0.1, 0.15) is 22.3 Å². The van der Waals surface area contributed by atoms with Crippen molar-refractivity contribution in [3.63, 3.8) is 0 Å². The summed E-state index contributed by atoms with van der Waals surface area (Å²) in [5.74, 6) is -1.74. The molecule has 0 aliphatic carbocycles. The van der Waals surface area contributed by atoms with Crippen LogP contribution in [0, 0.1) is 17.0 Å². The van der Waals surface area contributed by atoms with Crippen molar-refractivity contribution in [1.82, 2.24) is 5.32 Å². The summed E-state index contributed by atoms with van der Waals surface area (Å²) >= 11 is 0. The van der Waals surface area contributed by atoms with E-state index in [0.29, 0.717) is 5.56 Å². The minimum atomic E-state index is -1.18. The van der Waals surface area contributed by atoms with Gasteiger partial charge in [-0.25, -0.2) is 0 Å². The van der Waals surface area contributed by atoms with Crippen LogP contribution >= 0.6 is 0 Å². The van der Waals surface area contributed by atoms with Gasteiger partial charge in [0.25, 0.3) is 5.69 Å². The summed E-state index contributed by atoms with van der Waals surface area (Å²) in [6, 6.07) is 2.94. The number of carboxylic acids is 1. The first kappa shape index (κ1) is 16.7. The maximum Gasteiger partial charge on any atom is 0.305 e. The van der Waals surface area contributed by atoms with E-state index < -0.39 is 29.1 Å². The van der Waals surface area contributed by atoms with Crippen molar-refractivity contribution >= 4 is 17.4 Å². The predicted octanol–water partition coefficient (Wildman–Crippen LogP) is 0.511. The fraction of sp³-hybridized carbons (Fsp3) is 0.385. The van der Waals surface area contributed by atoms with E-state index in [0.717, 1.165) is 6.07 Å². The van der Waals surface area contributed by atoms with Crippen molar-refractivity contribution in [3.05, 3.63) is 39.4 Å². The van der Waals surface area contributed by atoms with E-state index in [1.807, 2.05) is 0 Å². The molecular weight excluding hydrogens is 280 g/mol. The second-order valence-electron chi connectivity index (χ2n) is 4.45. The lowest BCUT2D eigenvalue weighted by molar-refractivity contribution is -0.385. The predicted molar refractivity (Wildman–Crippen MR) is 73.3 cm³/mol. The lowest BCUT2D eigenvalue weighted by atomic mass is 9.99. The molecule has 1 aromatic rings. The molecule has 0 spiro atoms. The molecule has 0 amide bonds. The molecule has 0 aliphatic heterocycles. The zero-order valence-corrected chi connectivity index (χ0v) is 11.4. The van der Waals surface area contributed by atoms with Gasteiger partial charge in [0.2, 0.25) is 0 Å². The normalized spacial score (nSPS) is 11.9. The van der Waals surface area contributed by atoms with Gasteiger partial charge in [0.05, 0.1) is 24.0 Å². The fourth-order valence-corrected chi connectivity index (χ4v) is 1.83. The average molecular weight is 296 g/mol. The van der Waals surface area contributed by atoms with Crippen LogP contribution in [0.3, 0.4) is 0 Å². The summed E-state index contributed by atoms with van der Waals surface area (Å²) in [6.07, 6.45) is -0.472. The summed E-state index contributed by atoms with van der Waals surface area (Å²) in [4.78, 5) is 33.3. The van der Waals surface area contributed by atoms with Gasteiger partial charge in [-0.1, -0.05) is 12.1 Å². The number of ketones is 1. The van der Waals surface area contributed by atoms with Gasteiger partial charge in [-0.3, -0.25) is 19.7 Å². The number of rotatable bonds is 8. The molecule has 114 valence electrons. The van der Waals surface area contributed by atoms with E-state index in [1.54, 1.807) is 6.92 Å². The molecule has 0 fully saturated rings. The van der Waals surface area contributed by atoms with Gasteiger partial charge < -0.3 is 15.5 Å². The second kappa shape index (κ2) is 7.46. The largest absolute Gasteiger partial charge is 0.481 e. The molecule has 0 radical (unpaired) electrons. The second-order valence-corrected chi connectivity index (χ2v) is 4.45. The van der Waals surface area contributed by atoms with Crippen molar-refractivity contribution in [3.8, 4) is 0 Å². The Hall–Kier alpha value is -2.32. The molecule has 21 heavy (non-hydrogen) atoms. The first-order valence-electron chi connectivity index (χ1n) is 6.22. The number of hydrogen-bond donors (Lipinski definition) is 3. The number of carbonyl (C=O) groups is 2. The van der Waals surface area contributed by atoms with E-state index in [9.17, 15) is 19.7 Å². The minimum Gasteiger partial charge on any atom is -0.481 e. The monoisotopic (exact) mass is 296 g/mol. The molecule has 1 aromatic carbocycles. The molecule has 8 heteroatoms. The Balaban J connectivity index is 3.05. The first-order valence-corrected chi connectivity index (χ1v) is 6.22. The number of Topliss-reactive ketones (excluding diaryl/α,β-unsaturated/α-hetero) is 1. The topological polar surface area (TPSA) is 130 Å². The Morgan fingerprint density at radius 2 is 2.10 bits per heavy atom. The van der Waals surface area contributed by atoms with Gasteiger partial charge in [0.15, 0.2) is 5.78 Å². The van der Waals surface area contributed by atoms with Crippen LogP contribution in [0.4, 0.5) is 5.69 Å². The van der Waals surface area contributed by atoms with Crippen LogP contribution in [0.5, 0.6) is 0 Å². The van der Waals surface area contributed by atoms with E-state index in [4.69, 9.17) is 10.2 Å². The standard InChI is InChI=1S/C13H16N2O6/c1-8-2-3-9(6-11(8)15(20)21)13(19)10(7-12(17)18)14-4-5-16/h2-3,6,10,14,16H,4-5,7H2,1H3,(H,17,18). The summed E-state index contributed by atoms with van der Waals surface area (Å²) in [5, 5.41) is 31.0. The van der Waals surface area contributed by atoms with Crippen LogP contribution < -0.4 is 5.32 Å². The third-order valence-corrected chi connectivity index (χ3v) is 2.89. The van der Waals surface area contributed by atoms with Gasteiger partial charge in [0.1, 0.15) is 0 Å². The highest BCUT2D eigenvalue weighted by Gasteiger charge is 2.24. The van der Waals surface area contributed by atoms with Crippen LogP contribution in [0.25, 0.3) is 0 Å². The molecule has 1 unspecified atom stereocenters. The summed E-state index contributed by atoms with van der Waals surface area (Å²) in [5.41, 5.74) is 0.274. The number of aliphatic hydroxyl groups excluding tert-OH is 1. The SMILES string of the molecule is Cc1ccc(C(=O)C(CC(=O)O)NCCO)cc1[N+](=O)[O-]. The van der Waals surface area contributed by atoms with Crippen molar-refractivity contribution in [2.75, 3.05) is 13.2 Å². The molecule has 0 heterocycles. The third-order valence-electron chi connectivity index (χ3n) is 2.89. The number of hydrogen-bond acceptors (Lipinski definition) is 6. The fourth-order valence-electron chi connectivity index (χ4n) is 1.83. The number of aliphatic hydroxyl groups is 1. The molecular formula is C13H16N2O6. The average Bonchev–Trinajstić information content (AvgIpc) is 2.42. The lowest BCUT2D eigenvalue weighted by Crippen LogP contribution is -2.40. The molecule has 0 aliphatic rings. The smallest absolute Gasteiger partial charge is 0.305 e. The van der Waals surface area contributed by atoms with Gasteiger partial charge in [-0.15, -0.1) is 0 Å². The Bertz CT molecular complexity index is 558. The third kappa shape index (κ3) is 4.62. The minimum absolute atomic E-state index is 0.0532. The van der Waals surface area contributed by atoms with Crippen LogP contribution in [0.2, 0.25) is 0 Å². The number of nitro benzene ring substituents is 1. The quantitative estimate of drug-likeness (QED) is 0.362. The number of benzene rings is 1. The highest BCUT2D eigenvalue weighted by Crippen LogP contribution is 2.20. The van der Waals surface area contributed by atoms with Gasteiger partial charge in [0, 0.05) is 23.7 Å². The van der Waals surface area contributed by atoms with Crippen molar-refractivity contribution in [2.45, 2.75) is 19.4 Å². The van der Waals surface area contributed by atoms with E-state index in [2.05, 4.69) is 5.32 Å². The van der Waals surface area contributed by atoms with Gasteiger partial charge >= 0.3 is 5.97 Å². The van der Waals surface area contributed by atoms with Crippen molar-refractivity contribution < 1.29 is 24.7 Å². The van der Waals surface area contributed by atoms with E-state index in [-0.39, 0.29) is 24.4 Å². The molecule has 1 atom stereocenters. The maximum absolute atomic E-state index is 12.2. The molecule has 0 saturated carbocycles. The summed E-state index contributed by atoms with van der Waals surface area (Å²) < 4.78 is 0. The number of nitro groups is 1. The number of carboxylic acid groups (broad SMARTS) is 1. The molecule has 8 nitrogen and oxygen atoms in total. The Labute approximate surface area is 120 Å². The maximum atomic E-state index is 12.2. The number of aryl methyl sites for hydroxylation is 1. The van der Waals surface area contributed by atoms with Crippen molar-refractivity contribution in [1.29, 1.82) is 0 Å². The van der Waals surface area contributed by atoms with Gasteiger partial charge in [-0.2, -0.15) is 0 Å². The van der Waals surface area contributed by atoms with Crippen molar-refractivity contribution in [2.24, 2.45) is 0 Å². The zero-order chi connectivity index (χ0) is 16.0. The molecule has 0 bridgehead atoms. The molecule has 1 rings (SSSR count). The Kier molecular flexibility index (Phi) is 5.94. The molecule has 0 saturated heterocycles. The van der Waals surface area contributed by atoms with Crippen LogP contribution in [-0.4, -0.2) is 46.1 Å². The lowest BCUT2D eigenvalue weighted by Gasteiger charge is -2.15. The number of nitrogens with zero attached hydrogens (tertiary/aromatic N) is 1. The number of carbonyl (C=O) groups excluding carboxylic acids is 1. The van der Waals surface area contributed by atoms with E-state index >= 15 is 0 Å². The van der Waals surface area contributed by atoms with Gasteiger partial charge in [-0.05, 0) is 6.92 Å². The Morgan fingerprint density at radius 3 is 2.62 bits per heavy atom. The summed E-state index contributed by atoms with van der Waals surface area (Å²) in [6.45, 7) is 1.35.